The van der Waals surface area contributed by atoms with Gasteiger partial charge in [0.25, 0.3) is 0 Å². The molecule has 1 fully saturated rings. The monoisotopic (exact) mass is 370 g/mol. The molecule has 0 spiro atoms. The molecule has 1 aliphatic heterocycles. The number of ether oxygens (including phenoxy) is 1. The smallest absolute Gasteiger partial charge is 0.227 e. The van der Waals surface area contributed by atoms with Crippen LogP contribution in [0.15, 0.2) is 24.3 Å². The largest absolute Gasteiger partial charge is 0.378 e. The predicted molar refractivity (Wildman–Crippen MR) is 108 cm³/mol. The van der Waals surface area contributed by atoms with Gasteiger partial charge < -0.3 is 15.4 Å². The van der Waals surface area contributed by atoms with E-state index in [1.165, 1.54) is 5.56 Å². The van der Waals surface area contributed by atoms with Gasteiger partial charge in [0.1, 0.15) is 5.82 Å². The molecule has 27 heavy (non-hydrogen) atoms. The second-order valence-corrected chi connectivity index (χ2v) is 8.34. The second-order valence-electron chi connectivity index (χ2n) is 8.34. The van der Waals surface area contributed by atoms with Crippen molar-refractivity contribution in [3.05, 3.63) is 41.1 Å². The number of carbonyl (C=O) groups is 1. The van der Waals surface area contributed by atoms with Crippen molar-refractivity contribution in [1.29, 1.82) is 0 Å². The molecular weight excluding hydrogens is 340 g/mol. The van der Waals surface area contributed by atoms with Crippen molar-refractivity contribution in [2.24, 2.45) is 0 Å². The highest BCUT2D eigenvalue weighted by molar-refractivity contribution is 5.90. The Kier molecular flexibility index (Phi) is 5.67. The van der Waals surface area contributed by atoms with Crippen molar-refractivity contribution in [3.63, 3.8) is 0 Å². The Morgan fingerprint density at radius 3 is 2.74 bits per heavy atom. The number of nitrogens with zero attached hydrogens (tertiary/aromatic N) is 2. The Balaban J connectivity index is 1.88. The van der Waals surface area contributed by atoms with Gasteiger partial charge in [-0.25, -0.2) is 4.68 Å². The first-order valence-corrected chi connectivity index (χ1v) is 9.53. The van der Waals surface area contributed by atoms with Crippen LogP contribution in [0.1, 0.15) is 44.0 Å². The molecule has 146 valence electrons. The van der Waals surface area contributed by atoms with Crippen molar-refractivity contribution in [3.8, 4) is 5.69 Å². The van der Waals surface area contributed by atoms with E-state index in [4.69, 9.17) is 9.84 Å². The number of nitrogens with one attached hydrogen (secondary N) is 2. The van der Waals surface area contributed by atoms with Crippen LogP contribution in [0.4, 0.5) is 5.82 Å². The summed E-state index contributed by atoms with van der Waals surface area (Å²) in [5.41, 5.74) is 4.13. The van der Waals surface area contributed by atoms with Crippen LogP contribution < -0.4 is 10.6 Å². The third kappa shape index (κ3) is 4.76. The average molecular weight is 370 g/mol. The number of carbonyl (C=O) groups excluding carboxylic acids is 1. The number of benzene rings is 1. The van der Waals surface area contributed by atoms with Gasteiger partial charge in [-0.15, -0.1) is 0 Å². The molecule has 2 aromatic rings. The van der Waals surface area contributed by atoms with Gasteiger partial charge in [-0.3, -0.25) is 4.79 Å². The number of aromatic nitrogens is 2. The average Bonchev–Trinajstić information content (AvgIpc) is 2.99. The first-order chi connectivity index (χ1) is 12.7. The Labute approximate surface area is 161 Å². The van der Waals surface area contributed by atoms with E-state index >= 15 is 0 Å². The summed E-state index contributed by atoms with van der Waals surface area (Å²) >= 11 is 0. The minimum absolute atomic E-state index is 0.0376. The minimum Gasteiger partial charge on any atom is -0.378 e. The molecule has 1 aliphatic rings. The first kappa shape index (κ1) is 19.6. The first-order valence-electron chi connectivity index (χ1n) is 9.53. The van der Waals surface area contributed by atoms with Crippen LogP contribution in [0.25, 0.3) is 5.69 Å². The molecule has 2 N–H and O–H groups in total. The Bertz CT molecular complexity index is 814. The molecule has 1 amide bonds. The normalized spacial score (nSPS) is 17.7. The van der Waals surface area contributed by atoms with Gasteiger partial charge in [-0.2, -0.15) is 5.10 Å². The standard InChI is InChI=1S/C21H30N4O2/c1-14-6-7-17(15(2)10-14)25-19(12-18(24-25)21(3,4)5)23-20(26)11-16-13-27-9-8-22-16/h6-7,10,12,16,22H,8-9,11,13H2,1-5H3,(H,23,26). The SMILES string of the molecule is Cc1ccc(-n2nc(C(C)(C)C)cc2NC(=O)CC2COCCN2)c(C)c1. The van der Waals surface area contributed by atoms with E-state index in [0.29, 0.717) is 25.5 Å². The molecule has 0 saturated carbocycles. The van der Waals surface area contributed by atoms with Crippen molar-refractivity contribution < 1.29 is 9.53 Å². The minimum atomic E-state index is -0.109. The highest BCUT2D eigenvalue weighted by Crippen LogP contribution is 2.28. The summed E-state index contributed by atoms with van der Waals surface area (Å²) < 4.78 is 7.29. The van der Waals surface area contributed by atoms with Crippen LogP contribution >= 0.6 is 0 Å². The summed E-state index contributed by atoms with van der Waals surface area (Å²) in [6.07, 6.45) is 0.378. The maximum Gasteiger partial charge on any atom is 0.227 e. The van der Waals surface area contributed by atoms with E-state index in [9.17, 15) is 4.79 Å². The molecule has 1 saturated heterocycles. The summed E-state index contributed by atoms with van der Waals surface area (Å²) in [7, 11) is 0. The number of hydrogen-bond donors (Lipinski definition) is 2. The summed E-state index contributed by atoms with van der Waals surface area (Å²) in [4.78, 5) is 12.6. The maximum absolute atomic E-state index is 12.6. The molecular formula is C21H30N4O2. The van der Waals surface area contributed by atoms with Gasteiger partial charge in [-0.05, 0) is 25.5 Å². The number of hydrogen-bond acceptors (Lipinski definition) is 4. The molecule has 1 aromatic heterocycles. The maximum atomic E-state index is 12.6. The van der Waals surface area contributed by atoms with Crippen molar-refractivity contribution in [2.75, 3.05) is 25.1 Å². The van der Waals surface area contributed by atoms with Crippen LogP contribution in [-0.2, 0) is 14.9 Å². The van der Waals surface area contributed by atoms with E-state index in [2.05, 4.69) is 63.5 Å². The van der Waals surface area contributed by atoms with Crippen molar-refractivity contribution in [2.45, 2.75) is 52.5 Å². The highest BCUT2D eigenvalue weighted by atomic mass is 16.5. The molecule has 1 unspecified atom stereocenters. The summed E-state index contributed by atoms with van der Waals surface area (Å²) in [6, 6.07) is 8.27. The van der Waals surface area contributed by atoms with Gasteiger partial charge in [0, 0.05) is 30.5 Å². The zero-order chi connectivity index (χ0) is 19.6. The van der Waals surface area contributed by atoms with Crippen LogP contribution in [-0.4, -0.2) is 41.5 Å². The van der Waals surface area contributed by atoms with Gasteiger partial charge in [0.05, 0.1) is 24.6 Å². The van der Waals surface area contributed by atoms with E-state index in [0.717, 1.165) is 23.5 Å². The second kappa shape index (κ2) is 7.82. The highest BCUT2D eigenvalue weighted by Gasteiger charge is 2.23. The van der Waals surface area contributed by atoms with E-state index in [1.807, 2.05) is 10.7 Å². The summed E-state index contributed by atoms with van der Waals surface area (Å²) in [5, 5.41) is 11.2. The third-order valence-corrected chi connectivity index (χ3v) is 4.76. The molecule has 0 aliphatic carbocycles. The number of amides is 1. The lowest BCUT2D eigenvalue weighted by Gasteiger charge is -2.23. The predicted octanol–water partition coefficient (Wildman–Crippen LogP) is 3.10. The lowest BCUT2D eigenvalue weighted by atomic mass is 9.92. The third-order valence-electron chi connectivity index (χ3n) is 4.76. The number of morpholine rings is 1. The summed E-state index contributed by atoms with van der Waals surface area (Å²) in [5.74, 6) is 0.665. The fourth-order valence-corrected chi connectivity index (χ4v) is 3.23. The van der Waals surface area contributed by atoms with Crippen LogP contribution in [0.2, 0.25) is 0 Å². The fourth-order valence-electron chi connectivity index (χ4n) is 3.23. The Morgan fingerprint density at radius 2 is 2.11 bits per heavy atom. The fraction of sp³-hybridized carbons (Fsp3) is 0.524. The lowest BCUT2D eigenvalue weighted by Crippen LogP contribution is -2.43. The Hall–Kier alpha value is -2.18. The van der Waals surface area contributed by atoms with Gasteiger partial charge >= 0.3 is 0 Å². The zero-order valence-corrected chi connectivity index (χ0v) is 16.9. The van der Waals surface area contributed by atoms with Crippen LogP contribution in [0.3, 0.4) is 0 Å². The van der Waals surface area contributed by atoms with Gasteiger partial charge in [0.2, 0.25) is 5.91 Å². The molecule has 1 aromatic carbocycles. The van der Waals surface area contributed by atoms with Crippen LogP contribution in [0, 0.1) is 13.8 Å². The van der Waals surface area contributed by atoms with Gasteiger partial charge in [0.15, 0.2) is 0 Å². The topological polar surface area (TPSA) is 68.2 Å². The number of anilines is 1. The Morgan fingerprint density at radius 1 is 1.33 bits per heavy atom. The lowest BCUT2D eigenvalue weighted by molar-refractivity contribution is -0.117. The molecule has 6 heteroatoms. The van der Waals surface area contributed by atoms with E-state index < -0.39 is 0 Å². The van der Waals surface area contributed by atoms with E-state index in [1.54, 1.807) is 0 Å². The van der Waals surface area contributed by atoms with Crippen molar-refractivity contribution >= 4 is 11.7 Å². The van der Waals surface area contributed by atoms with Gasteiger partial charge in [-0.1, -0.05) is 38.5 Å². The molecule has 1 atom stereocenters. The number of rotatable bonds is 4. The zero-order valence-electron chi connectivity index (χ0n) is 16.9. The quantitative estimate of drug-likeness (QED) is 0.868. The molecule has 0 radical (unpaired) electrons. The molecule has 0 bridgehead atoms. The molecule has 6 nitrogen and oxygen atoms in total. The van der Waals surface area contributed by atoms with Crippen LogP contribution in [0.5, 0.6) is 0 Å². The van der Waals surface area contributed by atoms with Crippen molar-refractivity contribution in [1.82, 2.24) is 15.1 Å². The van der Waals surface area contributed by atoms with E-state index in [-0.39, 0.29) is 17.4 Å². The molecule has 2 heterocycles. The number of aryl methyl sites for hydroxylation is 2. The molecule has 3 rings (SSSR count). The summed E-state index contributed by atoms with van der Waals surface area (Å²) in [6.45, 7) is 12.6.